The third-order valence-corrected chi connectivity index (χ3v) is 4.83. The maximum Gasteiger partial charge on any atom is 0.343 e. The third-order valence-electron chi connectivity index (χ3n) is 3.75. The SMILES string of the molecule is CCCn1c(SCC(O)C2CCCCC2)n[nH]c1=O. The lowest BCUT2D eigenvalue weighted by atomic mass is 9.86. The molecule has 1 unspecified atom stereocenters. The fourth-order valence-electron chi connectivity index (χ4n) is 2.65. The van der Waals surface area contributed by atoms with Gasteiger partial charge in [-0.05, 0) is 25.2 Å². The third kappa shape index (κ3) is 3.86. The van der Waals surface area contributed by atoms with E-state index in [9.17, 15) is 9.90 Å². The number of hydrogen-bond donors (Lipinski definition) is 2. The average Bonchev–Trinajstić information content (AvgIpc) is 2.79. The minimum atomic E-state index is -0.285. The zero-order valence-electron chi connectivity index (χ0n) is 11.5. The Morgan fingerprint density at radius 1 is 1.47 bits per heavy atom. The lowest BCUT2D eigenvalue weighted by Crippen LogP contribution is -2.25. The molecule has 2 rings (SSSR count). The van der Waals surface area contributed by atoms with E-state index in [1.165, 1.54) is 31.0 Å². The van der Waals surface area contributed by atoms with E-state index >= 15 is 0 Å². The van der Waals surface area contributed by atoms with E-state index < -0.39 is 0 Å². The molecular formula is C13H23N3O2S. The minimum Gasteiger partial charge on any atom is -0.392 e. The highest BCUT2D eigenvalue weighted by Crippen LogP contribution is 2.29. The van der Waals surface area contributed by atoms with Gasteiger partial charge in [0.05, 0.1) is 6.10 Å². The average molecular weight is 285 g/mol. The molecule has 0 saturated heterocycles. The molecule has 0 bridgehead atoms. The second-order valence-corrected chi connectivity index (χ2v) is 6.23. The Bertz CT molecular complexity index is 437. The van der Waals surface area contributed by atoms with Crippen LogP contribution in [-0.2, 0) is 6.54 Å². The van der Waals surface area contributed by atoms with Crippen LogP contribution in [0.4, 0.5) is 0 Å². The summed E-state index contributed by atoms with van der Waals surface area (Å²) < 4.78 is 1.65. The summed E-state index contributed by atoms with van der Waals surface area (Å²) >= 11 is 1.48. The number of aliphatic hydroxyl groups excluding tert-OH is 1. The van der Waals surface area contributed by atoms with Gasteiger partial charge in [0.15, 0.2) is 5.16 Å². The molecular weight excluding hydrogens is 262 g/mol. The van der Waals surface area contributed by atoms with Gasteiger partial charge in [-0.3, -0.25) is 4.57 Å². The molecule has 5 nitrogen and oxygen atoms in total. The van der Waals surface area contributed by atoms with Crippen molar-refractivity contribution in [2.75, 3.05) is 5.75 Å². The molecule has 0 aliphatic heterocycles. The predicted molar refractivity (Wildman–Crippen MR) is 76.4 cm³/mol. The Morgan fingerprint density at radius 2 is 2.21 bits per heavy atom. The quantitative estimate of drug-likeness (QED) is 0.784. The standard InChI is InChI=1S/C13H23N3O2S/c1-2-8-16-12(18)14-15-13(16)19-9-11(17)10-6-4-3-5-7-10/h10-11,17H,2-9H2,1H3,(H,14,18). The van der Waals surface area contributed by atoms with E-state index in [2.05, 4.69) is 10.2 Å². The van der Waals surface area contributed by atoms with Crippen LogP contribution in [-0.4, -0.2) is 31.7 Å². The van der Waals surface area contributed by atoms with Crippen molar-refractivity contribution in [3.05, 3.63) is 10.5 Å². The van der Waals surface area contributed by atoms with Gasteiger partial charge in [-0.25, -0.2) is 9.89 Å². The molecule has 1 heterocycles. The van der Waals surface area contributed by atoms with Crippen molar-refractivity contribution >= 4 is 11.8 Å². The Hall–Kier alpha value is -0.750. The smallest absolute Gasteiger partial charge is 0.343 e. The normalized spacial score (nSPS) is 18.6. The molecule has 1 aromatic rings. The zero-order valence-corrected chi connectivity index (χ0v) is 12.3. The van der Waals surface area contributed by atoms with Gasteiger partial charge >= 0.3 is 5.69 Å². The highest BCUT2D eigenvalue weighted by atomic mass is 32.2. The lowest BCUT2D eigenvalue weighted by Gasteiger charge is -2.26. The van der Waals surface area contributed by atoms with Crippen LogP contribution >= 0.6 is 11.8 Å². The Kier molecular flexibility index (Phi) is 5.51. The van der Waals surface area contributed by atoms with Crippen LogP contribution in [0, 0.1) is 5.92 Å². The first-order valence-corrected chi connectivity index (χ1v) is 8.17. The van der Waals surface area contributed by atoms with E-state index in [4.69, 9.17) is 0 Å². The van der Waals surface area contributed by atoms with E-state index in [0.29, 0.717) is 23.4 Å². The molecule has 0 amide bonds. The van der Waals surface area contributed by atoms with Crippen LogP contribution < -0.4 is 5.69 Å². The first-order valence-electron chi connectivity index (χ1n) is 7.18. The summed E-state index contributed by atoms with van der Waals surface area (Å²) in [7, 11) is 0. The van der Waals surface area contributed by atoms with Gasteiger partial charge in [0, 0.05) is 12.3 Å². The number of hydrogen-bond acceptors (Lipinski definition) is 4. The zero-order chi connectivity index (χ0) is 13.7. The van der Waals surface area contributed by atoms with E-state index in [0.717, 1.165) is 19.3 Å². The Morgan fingerprint density at radius 3 is 2.89 bits per heavy atom. The second kappa shape index (κ2) is 7.14. The molecule has 6 heteroatoms. The van der Waals surface area contributed by atoms with Gasteiger partial charge in [0.2, 0.25) is 0 Å². The summed E-state index contributed by atoms with van der Waals surface area (Å²) in [6.45, 7) is 2.71. The number of rotatable bonds is 6. The van der Waals surface area contributed by atoms with Crippen molar-refractivity contribution in [1.29, 1.82) is 0 Å². The summed E-state index contributed by atoms with van der Waals surface area (Å²) in [6.07, 6.45) is 6.63. The molecule has 1 aromatic heterocycles. The van der Waals surface area contributed by atoms with Crippen LogP contribution in [0.2, 0.25) is 0 Å². The summed E-state index contributed by atoms with van der Waals surface area (Å²) in [5, 5.41) is 17.4. The van der Waals surface area contributed by atoms with Gasteiger partial charge in [0.1, 0.15) is 0 Å². The van der Waals surface area contributed by atoms with Crippen LogP contribution in [0.15, 0.2) is 9.95 Å². The second-order valence-electron chi connectivity index (χ2n) is 5.24. The van der Waals surface area contributed by atoms with Crippen molar-refractivity contribution < 1.29 is 5.11 Å². The van der Waals surface area contributed by atoms with Crippen molar-refractivity contribution in [3.8, 4) is 0 Å². The maximum absolute atomic E-state index is 11.5. The number of nitrogens with one attached hydrogen (secondary N) is 1. The fourth-order valence-corrected chi connectivity index (χ4v) is 3.68. The van der Waals surface area contributed by atoms with Crippen molar-refractivity contribution in [1.82, 2.24) is 14.8 Å². The molecule has 1 fully saturated rings. The number of aromatic nitrogens is 3. The number of H-pyrrole nitrogens is 1. The summed E-state index contributed by atoms with van der Waals surface area (Å²) in [5.74, 6) is 1.05. The molecule has 0 aromatic carbocycles. The molecule has 2 N–H and O–H groups in total. The highest BCUT2D eigenvalue weighted by Gasteiger charge is 2.22. The molecule has 1 aliphatic rings. The first kappa shape index (κ1) is 14.7. The van der Waals surface area contributed by atoms with Gasteiger partial charge in [-0.15, -0.1) is 5.10 Å². The largest absolute Gasteiger partial charge is 0.392 e. The molecule has 0 radical (unpaired) electrons. The van der Waals surface area contributed by atoms with Crippen molar-refractivity contribution in [3.63, 3.8) is 0 Å². The summed E-state index contributed by atoms with van der Waals surface area (Å²) in [6, 6.07) is 0. The monoisotopic (exact) mass is 285 g/mol. The maximum atomic E-state index is 11.5. The summed E-state index contributed by atoms with van der Waals surface area (Å²) in [5.41, 5.74) is -0.156. The number of aliphatic hydroxyl groups is 1. The van der Waals surface area contributed by atoms with E-state index in [1.807, 2.05) is 6.92 Å². The Labute approximate surface area is 117 Å². The van der Waals surface area contributed by atoms with Crippen molar-refractivity contribution in [2.45, 2.75) is 63.3 Å². The molecule has 1 atom stereocenters. The highest BCUT2D eigenvalue weighted by molar-refractivity contribution is 7.99. The molecule has 1 aliphatic carbocycles. The lowest BCUT2D eigenvalue weighted by molar-refractivity contribution is 0.105. The van der Waals surface area contributed by atoms with Crippen LogP contribution in [0.1, 0.15) is 45.4 Å². The molecule has 0 spiro atoms. The van der Waals surface area contributed by atoms with Crippen LogP contribution in [0.3, 0.4) is 0 Å². The molecule has 19 heavy (non-hydrogen) atoms. The molecule has 1 saturated carbocycles. The fraction of sp³-hybridized carbons (Fsp3) is 0.846. The number of nitrogens with zero attached hydrogens (tertiary/aromatic N) is 2. The van der Waals surface area contributed by atoms with Crippen LogP contribution in [0.25, 0.3) is 0 Å². The summed E-state index contributed by atoms with van der Waals surface area (Å²) in [4.78, 5) is 11.5. The van der Waals surface area contributed by atoms with E-state index in [1.54, 1.807) is 4.57 Å². The van der Waals surface area contributed by atoms with Gasteiger partial charge in [-0.1, -0.05) is 37.9 Å². The van der Waals surface area contributed by atoms with Crippen LogP contribution in [0.5, 0.6) is 0 Å². The number of aromatic amines is 1. The molecule has 108 valence electrons. The van der Waals surface area contributed by atoms with Crippen molar-refractivity contribution in [2.24, 2.45) is 5.92 Å². The van der Waals surface area contributed by atoms with Gasteiger partial charge in [0.25, 0.3) is 0 Å². The van der Waals surface area contributed by atoms with E-state index in [-0.39, 0.29) is 11.8 Å². The number of thioether (sulfide) groups is 1. The van der Waals surface area contributed by atoms with Gasteiger partial charge < -0.3 is 5.11 Å². The minimum absolute atomic E-state index is 0.156. The first-order chi connectivity index (χ1) is 9.22. The predicted octanol–water partition coefficient (Wildman–Crippen LogP) is 2.01. The Balaban J connectivity index is 1.89. The topological polar surface area (TPSA) is 70.9 Å². The van der Waals surface area contributed by atoms with Gasteiger partial charge in [-0.2, -0.15) is 0 Å².